The van der Waals surface area contributed by atoms with Gasteiger partial charge in [-0.25, -0.2) is 14.8 Å². The fraction of sp³-hybridized carbons (Fsp3) is 0.385. The molecule has 0 amide bonds. The van der Waals surface area contributed by atoms with Gasteiger partial charge in [-0.2, -0.15) is 0 Å². The van der Waals surface area contributed by atoms with Crippen molar-refractivity contribution in [2.24, 2.45) is 0 Å². The van der Waals surface area contributed by atoms with Crippen LogP contribution >= 0.6 is 0 Å². The normalized spacial score (nSPS) is 12.2. The van der Waals surface area contributed by atoms with Gasteiger partial charge >= 0.3 is 5.97 Å². The first-order valence-electron chi connectivity index (χ1n) is 6.21. The summed E-state index contributed by atoms with van der Waals surface area (Å²) in [6.07, 6.45) is 3.38. The Morgan fingerprint density at radius 1 is 1.40 bits per heavy atom. The number of nitrogens with zero attached hydrogens (tertiary/aromatic N) is 3. The van der Waals surface area contributed by atoms with Crippen LogP contribution in [0.15, 0.2) is 16.9 Å². The smallest absolute Gasteiger partial charge is 0.356 e. The highest BCUT2D eigenvalue weighted by atomic mass is 16.5. The van der Waals surface area contributed by atoms with Crippen molar-refractivity contribution in [1.29, 1.82) is 0 Å². The molecular weight excluding hydrogens is 260 g/mol. The third kappa shape index (κ3) is 3.11. The average molecular weight is 276 g/mol. The third-order valence-corrected chi connectivity index (χ3v) is 2.96. The number of rotatable bonds is 5. The van der Waals surface area contributed by atoms with E-state index < -0.39 is 5.97 Å². The molecule has 2 aromatic heterocycles. The molecule has 106 valence electrons. The van der Waals surface area contributed by atoms with E-state index >= 15 is 0 Å². The van der Waals surface area contributed by atoms with Crippen molar-refractivity contribution in [2.45, 2.75) is 33.2 Å². The molecule has 20 heavy (non-hydrogen) atoms. The minimum atomic E-state index is -1.09. The third-order valence-electron chi connectivity index (χ3n) is 2.96. The molecule has 0 aromatic carbocycles. The Morgan fingerprint density at radius 3 is 2.65 bits per heavy atom. The molecule has 2 N–H and O–H groups in total. The highest BCUT2D eigenvalue weighted by Gasteiger charge is 2.13. The van der Waals surface area contributed by atoms with Crippen LogP contribution in [-0.4, -0.2) is 32.2 Å². The SMILES string of the molecule is Cc1noc(C)c1CC(C)Nc1cnc(C(=O)O)cn1. The predicted octanol–water partition coefficient (Wildman–Crippen LogP) is 1.82. The van der Waals surface area contributed by atoms with E-state index in [1.54, 1.807) is 0 Å². The van der Waals surface area contributed by atoms with E-state index in [9.17, 15) is 4.79 Å². The van der Waals surface area contributed by atoms with Gasteiger partial charge < -0.3 is 14.9 Å². The Labute approximate surface area is 116 Å². The first-order valence-corrected chi connectivity index (χ1v) is 6.21. The van der Waals surface area contributed by atoms with Gasteiger partial charge in [-0.3, -0.25) is 0 Å². The topological polar surface area (TPSA) is 101 Å². The van der Waals surface area contributed by atoms with Gasteiger partial charge in [0, 0.05) is 11.6 Å². The number of carboxylic acids is 1. The number of aryl methyl sites for hydroxylation is 2. The summed E-state index contributed by atoms with van der Waals surface area (Å²) in [7, 11) is 0. The fourth-order valence-electron chi connectivity index (χ4n) is 1.92. The minimum Gasteiger partial charge on any atom is -0.476 e. The summed E-state index contributed by atoms with van der Waals surface area (Å²) in [5.74, 6) is 0.255. The largest absolute Gasteiger partial charge is 0.476 e. The van der Waals surface area contributed by atoms with Crippen molar-refractivity contribution in [1.82, 2.24) is 15.1 Å². The lowest BCUT2D eigenvalue weighted by atomic mass is 10.1. The average Bonchev–Trinajstić information content (AvgIpc) is 2.71. The Bertz CT molecular complexity index is 587. The second-order valence-corrected chi connectivity index (χ2v) is 4.64. The van der Waals surface area contributed by atoms with Crippen molar-refractivity contribution in [2.75, 3.05) is 5.32 Å². The zero-order chi connectivity index (χ0) is 14.7. The highest BCUT2D eigenvalue weighted by Crippen LogP contribution is 2.16. The van der Waals surface area contributed by atoms with Gasteiger partial charge in [0.25, 0.3) is 0 Å². The summed E-state index contributed by atoms with van der Waals surface area (Å²) in [6.45, 7) is 5.78. The lowest BCUT2D eigenvalue weighted by Gasteiger charge is -2.13. The number of nitrogens with one attached hydrogen (secondary N) is 1. The van der Waals surface area contributed by atoms with Gasteiger partial charge in [0.2, 0.25) is 0 Å². The van der Waals surface area contributed by atoms with E-state index in [2.05, 4.69) is 20.4 Å². The number of carbonyl (C=O) groups is 1. The molecule has 0 spiro atoms. The monoisotopic (exact) mass is 276 g/mol. The number of aromatic carboxylic acids is 1. The van der Waals surface area contributed by atoms with Crippen molar-refractivity contribution in [3.05, 3.63) is 35.1 Å². The van der Waals surface area contributed by atoms with Gasteiger partial charge in [-0.1, -0.05) is 5.16 Å². The van der Waals surface area contributed by atoms with Gasteiger partial charge in [0.15, 0.2) is 5.69 Å². The maximum absolute atomic E-state index is 10.7. The van der Waals surface area contributed by atoms with Gasteiger partial charge in [-0.05, 0) is 27.2 Å². The van der Waals surface area contributed by atoms with E-state index in [1.807, 2.05) is 20.8 Å². The molecule has 0 saturated carbocycles. The molecular formula is C13H16N4O3. The standard InChI is InChI=1S/C13H16N4O3/c1-7(4-10-8(2)17-20-9(10)3)16-12-6-14-11(5-15-12)13(18)19/h5-7H,4H2,1-3H3,(H,15,16)(H,18,19). The summed E-state index contributed by atoms with van der Waals surface area (Å²) in [4.78, 5) is 18.5. The Kier molecular flexibility index (Phi) is 3.97. The van der Waals surface area contributed by atoms with Crippen LogP contribution in [0.2, 0.25) is 0 Å². The Morgan fingerprint density at radius 2 is 2.15 bits per heavy atom. The molecule has 1 atom stereocenters. The van der Waals surface area contributed by atoms with Crippen LogP contribution in [0.5, 0.6) is 0 Å². The first-order chi connectivity index (χ1) is 9.47. The number of hydrogen-bond donors (Lipinski definition) is 2. The van der Waals surface area contributed by atoms with Crippen LogP contribution in [-0.2, 0) is 6.42 Å². The Hall–Kier alpha value is -2.44. The summed E-state index contributed by atoms with van der Waals surface area (Å²) in [6, 6.07) is 0.0942. The molecule has 7 nitrogen and oxygen atoms in total. The van der Waals surface area contributed by atoms with E-state index in [4.69, 9.17) is 9.63 Å². The maximum Gasteiger partial charge on any atom is 0.356 e. The maximum atomic E-state index is 10.7. The van der Waals surface area contributed by atoms with Crippen LogP contribution in [0, 0.1) is 13.8 Å². The van der Waals surface area contributed by atoms with Crippen molar-refractivity contribution >= 4 is 11.8 Å². The number of carboxylic acid groups (broad SMARTS) is 1. The zero-order valence-electron chi connectivity index (χ0n) is 11.5. The van der Waals surface area contributed by atoms with E-state index in [-0.39, 0.29) is 11.7 Å². The predicted molar refractivity (Wildman–Crippen MR) is 71.8 cm³/mol. The molecule has 0 bridgehead atoms. The molecule has 2 aromatic rings. The lowest BCUT2D eigenvalue weighted by molar-refractivity contribution is 0.0690. The fourth-order valence-corrected chi connectivity index (χ4v) is 1.92. The summed E-state index contributed by atoms with van der Waals surface area (Å²) >= 11 is 0. The molecule has 2 heterocycles. The molecule has 0 radical (unpaired) electrons. The number of hydrogen-bond acceptors (Lipinski definition) is 6. The van der Waals surface area contributed by atoms with Crippen molar-refractivity contribution in [3.63, 3.8) is 0 Å². The molecule has 0 aliphatic carbocycles. The summed E-state index contributed by atoms with van der Waals surface area (Å²) < 4.78 is 5.12. The number of aromatic nitrogens is 3. The van der Waals surface area contributed by atoms with Crippen molar-refractivity contribution in [3.8, 4) is 0 Å². The molecule has 2 rings (SSSR count). The van der Waals surface area contributed by atoms with E-state index in [0.29, 0.717) is 5.82 Å². The van der Waals surface area contributed by atoms with Gasteiger partial charge in [0.1, 0.15) is 11.6 Å². The van der Waals surface area contributed by atoms with Crippen LogP contribution in [0.3, 0.4) is 0 Å². The molecule has 0 aliphatic rings. The van der Waals surface area contributed by atoms with Crippen LogP contribution in [0.1, 0.15) is 34.4 Å². The minimum absolute atomic E-state index is 0.0751. The van der Waals surface area contributed by atoms with Crippen LogP contribution in [0.4, 0.5) is 5.82 Å². The quantitative estimate of drug-likeness (QED) is 0.858. The van der Waals surface area contributed by atoms with Crippen LogP contribution in [0.25, 0.3) is 0 Å². The number of anilines is 1. The summed E-state index contributed by atoms with van der Waals surface area (Å²) in [5, 5.41) is 15.8. The van der Waals surface area contributed by atoms with Gasteiger partial charge in [-0.15, -0.1) is 0 Å². The van der Waals surface area contributed by atoms with E-state index in [0.717, 1.165) is 23.4 Å². The van der Waals surface area contributed by atoms with Crippen LogP contribution < -0.4 is 5.32 Å². The van der Waals surface area contributed by atoms with Crippen molar-refractivity contribution < 1.29 is 14.4 Å². The molecule has 1 unspecified atom stereocenters. The summed E-state index contributed by atoms with van der Waals surface area (Å²) in [5.41, 5.74) is 1.87. The van der Waals surface area contributed by atoms with E-state index in [1.165, 1.54) is 12.4 Å². The second kappa shape index (κ2) is 5.68. The molecule has 0 aliphatic heterocycles. The molecule has 0 fully saturated rings. The second-order valence-electron chi connectivity index (χ2n) is 4.64. The Balaban J connectivity index is 2.01. The van der Waals surface area contributed by atoms with Gasteiger partial charge in [0.05, 0.1) is 18.1 Å². The zero-order valence-corrected chi connectivity index (χ0v) is 11.5. The lowest BCUT2D eigenvalue weighted by Crippen LogP contribution is -2.20. The first kappa shape index (κ1) is 14.0. The molecule has 0 saturated heterocycles. The highest BCUT2D eigenvalue weighted by molar-refractivity contribution is 5.84. The molecule has 7 heteroatoms.